The van der Waals surface area contributed by atoms with Crippen LogP contribution in [0.5, 0.6) is 0 Å². The zero-order valence-electron chi connectivity index (χ0n) is 39.6. The Labute approximate surface area is 396 Å². The maximum atomic E-state index is 13.1. The average Bonchev–Trinajstić information content (AvgIpc) is 3.32. The summed E-state index contributed by atoms with van der Waals surface area (Å²) in [6.45, 7) is 1.57. The molecule has 390 valence electrons. The number of hydrogen-bond donors (Lipinski definition) is 12. The van der Waals surface area contributed by atoms with Crippen molar-refractivity contribution in [3.8, 4) is 0 Å². The molecule has 17 unspecified atom stereocenters. The molecule has 12 N–H and O–H groups in total. The molecule has 3 saturated heterocycles. The number of amides is 1. The lowest BCUT2D eigenvalue weighted by atomic mass is 9.96. The van der Waals surface area contributed by atoms with Crippen molar-refractivity contribution in [2.45, 2.75) is 234 Å². The molecule has 1 amide bonds. The number of unbranched alkanes of at least 4 members (excludes halogenated alkanes) is 13. The molecular weight excluding hydrogens is 879 g/mol. The Morgan fingerprint density at radius 3 is 1.48 bits per heavy atom. The molecule has 19 heteroatoms. The summed E-state index contributed by atoms with van der Waals surface area (Å²) < 4.78 is 34.0. The molecule has 0 saturated carbocycles. The van der Waals surface area contributed by atoms with Crippen LogP contribution in [-0.4, -0.2) is 193 Å². The van der Waals surface area contributed by atoms with E-state index in [9.17, 15) is 61.0 Å². The molecular formula is C48H85NO18. The van der Waals surface area contributed by atoms with Gasteiger partial charge in [0.1, 0.15) is 73.2 Å². The summed E-state index contributed by atoms with van der Waals surface area (Å²) in [6, 6.07) is -0.989. The Morgan fingerprint density at radius 1 is 0.522 bits per heavy atom. The summed E-state index contributed by atoms with van der Waals surface area (Å²) in [5.41, 5.74) is 0. The summed E-state index contributed by atoms with van der Waals surface area (Å²) in [5, 5.41) is 119. The van der Waals surface area contributed by atoms with Crippen LogP contribution in [0.25, 0.3) is 0 Å². The molecule has 3 aliphatic heterocycles. The Balaban J connectivity index is 1.60. The first-order valence-corrected chi connectivity index (χ1v) is 24.7. The molecule has 0 aliphatic carbocycles. The second-order valence-corrected chi connectivity index (χ2v) is 17.9. The zero-order chi connectivity index (χ0) is 49.1. The topological polar surface area (TPSA) is 307 Å². The van der Waals surface area contributed by atoms with Crippen molar-refractivity contribution in [2.75, 3.05) is 26.4 Å². The van der Waals surface area contributed by atoms with Gasteiger partial charge >= 0.3 is 0 Å². The summed E-state index contributed by atoms with van der Waals surface area (Å²) in [6.07, 6.45) is 3.13. The van der Waals surface area contributed by atoms with E-state index in [-0.39, 0.29) is 18.9 Å². The van der Waals surface area contributed by atoms with E-state index in [1.807, 2.05) is 6.08 Å². The standard InChI is InChI=1S/C48H85NO18/c1-3-5-7-9-11-13-15-16-17-19-21-23-25-32(53)31(49-36(54)26-24-22-20-18-14-12-10-8-6-4-2)30-62-46-42(60)39(57)44(34(28-51)64-46)67-48-43(61)40(58)45(35(29-52)65-48)66-47-41(59)38(56)37(55)33(27-50)63-47/h9,11,16-17,23,25,31-35,37-48,50-53,55-61H,3-8,10,12-15,18-22,24,26-30H2,1-2H3,(H,49,54)/b11-9+,17-16+,25-23+. The molecule has 67 heavy (non-hydrogen) atoms. The van der Waals surface area contributed by atoms with Crippen molar-refractivity contribution in [3.63, 3.8) is 0 Å². The minimum atomic E-state index is -1.98. The van der Waals surface area contributed by atoms with E-state index in [1.165, 1.54) is 51.4 Å². The number of aliphatic hydroxyl groups is 11. The van der Waals surface area contributed by atoms with E-state index in [4.69, 9.17) is 28.4 Å². The van der Waals surface area contributed by atoms with Crippen LogP contribution >= 0.6 is 0 Å². The third-order valence-electron chi connectivity index (χ3n) is 12.4. The fourth-order valence-electron chi connectivity index (χ4n) is 8.21. The highest BCUT2D eigenvalue weighted by molar-refractivity contribution is 5.76. The van der Waals surface area contributed by atoms with Crippen molar-refractivity contribution < 1.29 is 89.4 Å². The van der Waals surface area contributed by atoms with Crippen LogP contribution in [0.4, 0.5) is 0 Å². The van der Waals surface area contributed by atoms with Gasteiger partial charge in [0.25, 0.3) is 0 Å². The predicted octanol–water partition coefficient (Wildman–Crippen LogP) is 1.03. The van der Waals surface area contributed by atoms with Crippen LogP contribution in [0.1, 0.15) is 129 Å². The number of carbonyl (C=O) groups is 1. The van der Waals surface area contributed by atoms with E-state index in [0.29, 0.717) is 12.8 Å². The van der Waals surface area contributed by atoms with E-state index < -0.39 is 124 Å². The first-order valence-electron chi connectivity index (χ1n) is 24.7. The molecule has 17 atom stereocenters. The second-order valence-electron chi connectivity index (χ2n) is 17.9. The van der Waals surface area contributed by atoms with Crippen LogP contribution in [0.2, 0.25) is 0 Å². The van der Waals surface area contributed by atoms with E-state index in [0.717, 1.165) is 44.9 Å². The molecule has 0 spiro atoms. The van der Waals surface area contributed by atoms with Crippen molar-refractivity contribution in [1.29, 1.82) is 0 Å². The quantitative estimate of drug-likeness (QED) is 0.0323. The van der Waals surface area contributed by atoms with Crippen molar-refractivity contribution in [2.24, 2.45) is 0 Å². The number of ether oxygens (including phenoxy) is 6. The van der Waals surface area contributed by atoms with Gasteiger partial charge < -0.3 is 89.9 Å². The first kappa shape index (κ1) is 59.3. The SMILES string of the molecule is CCCC/C=C/CC/C=C/CC/C=C/C(O)C(COC1OC(CO)C(OC2OC(CO)C(OC3OC(CO)C(O)C(O)C3O)C(O)C2O)C(O)C1O)NC(=O)CCCCCCCCCCCC. The normalized spacial score (nSPS) is 33.8. The summed E-state index contributed by atoms with van der Waals surface area (Å²) in [5.74, 6) is -0.297. The highest BCUT2D eigenvalue weighted by Gasteiger charge is 2.53. The van der Waals surface area contributed by atoms with Crippen molar-refractivity contribution in [1.82, 2.24) is 5.32 Å². The average molecular weight is 964 g/mol. The van der Waals surface area contributed by atoms with Gasteiger partial charge in [-0.05, 0) is 38.5 Å². The largest absolute Gasteiger partial charge is 0.394 e. The Morgan fingerprint density at radius 2 is 0.955 bits per heavy atom. The number of nitrogens with one attached hydrogen (secondary N) is 1. The van der Waals surface area contributed by atoms with Gasteiger partial charge in [-0.1, -0.05) is 121 Å². The molecule has 0 aromatic heterocycles. The smallest absolute Gasteiger partial charge is 0.220 e. The molecule has 0 radical (unpaired) electrons. The lowest BCUT2D eigenvalue weighted by Gasteiger charge is -2.48. The van der Waals surface area contributed by atoms with Crippen molar-refractivity contribution >= 4 is 5.91 Å². The molecule has 3 aliphatic rings. The third kappa shape index (κ3) is 20.0. The monoisotopic (exact) mass is 964 g/mol. The highest BCUT2D eigenvalue weighted by atomic mass is 16.8. The number of hydrogen-bond acceptors (Lipinski definition) is 18. The fraction of sp³-hybridized carbons (Fsp3) is 0.854. The minimum absolute atomic E-state index is 0.233. The number of allylic oxidation sites excluding steroid dienone is 5. The van der Waals surface area contributed by atoms with Gasteiger partial charge in [0.15, 0.2) is 18.9 Å². The molecule has 0 aromatic carbocycles. The number of aliphatic hydroxyl groups excluding tert-OH is 11. The van der Waals surface area contributed by atoms with E-state index >= 15 is 0 Å². The maximum Gasteiger partial charge on any atom is 0.220 e. The summed E-state index contributed by atoms with van der Waals surface area (Å²) in [7, 11) is 0. The van der Waals surface area contributed by atoms with E-state index in [1.54, 1.807) is 6.08 Å². The Bertz CT molecular complexity index is 1390. The maximum absolute atomic E-state index is 13.1. The fourth-order valence-corrected chi connectivity index (χ4v) is 8.21. The van der Waals surface area contributed by atoms with Gasteiger partial charge in [0.2, 0.25) is 5.91 Å². The lowest BCUT2D eigenvalue weighted by Crippen LogP contribution is -2.66. The molecule has 19 nitrogen and oxygen atoms in total. The third-order valence-corrected chi connectivity index (χ3v) is 12.4. The molecule has 0 aromatic rings. The van der Waals surface area contributed by atoms with Crippen LogP contribution in [0.3, 0.4) is 0 Å². The second kappa shape index (κ2) is 33.6. The van der Waals surface area contributed by atoms with E-state index in [2.05, 4.69) is 43.5 Å². The number of carbonyl (C=O) groups excluding carboxylic acids is 1. The molecule has 3 heterocycles. The minimum Gasteiger partial charge on any atom is -0.394 e. The Kier molecular flexibility index (Phi) is 29.7. The van der Waals surface area contributed by atoms with Gasteiger partial charge in [-0.25, -0.2) is 0 Å². The predicted molar refractivity (Wildman–Crippen MR) is 245 cm³/mol. The van der Waals surface area contributed by atoms with Gasteiger partial charge in [0.05, 0.1) is 38.6 Å². The Hall–Kier alpha value is -1.99. The van der Waals surface area contributed by atoms with Crippen LogP contribution < -0.4 is 5.32 Å². The summed E-state index contributed by atoms with van der Waals surface area (Å²) in [4.78, 5) is 13.1. The molecule has 3 rings (SSSR count). The first-order chi connectivity index (χ1) is 32.3. The molecule has 3 fully saturated rings. The zero-order valence-corrected chi connectivity index (χ0v) is 39.6. The van der Waals surface area contributed by atoms with Gasteiger partial charge in [-0.15, -0.1) is 0 Å². The van der Waals surface area contributed by atoms with Crippen LogP contribution in [-0.2, 0) is 33.2 Å². The summed E-state index contributed by atoms with van der Waals surface area (Å²) >= 11 is 0. The molecule has 0 bridgehead atoms. The lowest BCUT2D eigenvalue weighted by molar-refractivity contribution is -0.379. The van der Waals surface area contributed by atoms with Gasteiger partial charge in [-0.2, -0.15) is 0 Å². The van der Waals surface area contributed by atoms with Gasteiger partial charge in [0, 0.05) is 6.42 Å². The highest BCUT2D eigenvalue weighted by Crippen LogP contribution is 2.33. The van der Waals surface area contributed by atoms with Crippen LogP contribution in [0, 0.1) is 0 Å². The van der Waals surface area contributed by atoms with Crippen LogP contribution in [0.15, 0.2) is 36.5 Å². The van der Waals surface area contributed by atoms with Gasteiger partial charge in [-0.3, -0.25) is 4.79 Å². The number of rotatable bonds is 33. The van der Waals surface area contributed by atoms with Crippen molar-refractivity contribution in [3.05, 3.63) is 36.5 Å².